The standard InChI is InChI=1S/C18H23NO4/c20-15(18(11-12-18)23-14-7-3-1-4-8-14)19-13-17(16(21)22)9-5-2-6-10-17/h1,3-4,7-8H,2,5-6,9-13H2,(H,19,20)(H,21,22). The fraction of sp³-hybridized carbons (Fsp3) is 0.556. The van der Waals surface area contributed by atoms with Crippen LogP contribution in [0.4, 0.5) is 0 Å². The van der Waals surface area contributed by atoms with Gasteiger partial charge in [-0.15, -0.1) is 0 Å². The molecule has 0 aromatic heterocycles. The van der Waals surface area contributed by atoms with Crippen LogP contribution in [0, 0.1) is 5.41 Å². The predicted molar refractivity (Wildman–Crippen MR) is 85.2 cm³/mol. The van der Waals surface area contributed by atoms with Gasteiger partial charge in [0.1, 0.15) is 5.75 Å². The second kappa shape index (κ2) is 6.22. The van der Waals surface area contributed by atoms with Crippen LogP contribution in [0.1, 0.15) is 44.9 Å². The summed E-state index contributed by atoms with van der Waals surface area (Å²) >= 11 is 0. The second-order valence-electron chi connectivity index (χ2n) is 6.74. The molecule has 2 aliphatic rings. The quantitative estimate of drug-likeness (QED) is 0.846. The van der Waals surface area contributed by atoms with E-state index in [0.717, 1.165) is 19.3 Å². The van der Waals surface area contributed by atoms with E-state index in [2.05, 4.69) is 5.32 Å². The van der Waals surface area contributed by atoms with Crippen molar-refractivity contribution >= 4 is 11.9 Å². The molecule has 0 aliphatic heterocycles. The normalized spacial score (nSPS) is 21.2. The molecule has 0 radical (unpaired) electrons. The number of nitrogens with one attached hydrogen (secondary N) is 1. The fourth-order valence-electron chi connectivity index (χ4n) is 3.31. The van der Waals surface area contributed by atoms with E-state index in [4.69, 9.17) is 4.74 Å². The van der Waals surface area contributed by atoms with Gasteiger partial charge in [0.05, 0.1) is 5.41 Å². The number of carbonyl (C=O) groups excluding carboxylic acids is 1. The molecule has 1 amide bonds. The molecule has 0 spiro atoms. The minimum absolute atomic E-state index is 0.187. The topological polar surface area (TPSA) is 75.6 Å². The van der Waals surface area contributed by atoms with Gasteiger partial charge in [-0.25, -0.2) is 0 Å². The van der Waals surface area contributed by atoms with Gasteiger partial charge in [-0.3, -0.25) is 9.59 Å². The lowest BCUT2D eigenvalue weighted by Gasteiger charge is -2.33. The molecule has 2 saturated carbocycles. The Balaban J connectivity index is 1.61. The van der Waals surface area contributed by atoms with Gasteiger partial charge >= 0.3 is 5.97 Å². The van der Waals surface area contributed by atoms with Crippen LogP contribution in [0.2, 0.25) is 0 Å². The summed E-state index contributed by atoms with van der Waals surface area (Å²) in [6.45, 7) is 0.196. The molecule has 5 heteroatoms. The van der Waals surface area contributed by atoms with Crippen LogP contribution >= 0.6 is 0 Å². The first-order valence-electron chi connectivity index (χ1n) is 8.32. The molecule has 2 fully saturated rings. The van der Waals surface area contributed by atoms with Crippen LogP contribution in [0.15, 0.2) is 30.3 Å². The van der Waals surface area contributed by atoms with Crippen molar-refractivity contribution in [1.29, 1.82) is 0 Å². The molecule has 2 aliphatic carbocycles. The van der Waals surface area contributed by atoms with Crippen LogP contribution < -0.4 is 10.1 Å². The molecular weight excluding hydrogens is 294 g/mol. The summed E-state index contributed by atoms with van der Waals surface area (Å²) in [5.41, 5.74) is -1.62. The monoisotopic (exact) mass is 317 g/mol. The van der Waals surface area contributed by atoms with Crippen molar-refractivity contribution in [3.05, 3.63) is 30.3 Å². The average molecular weight is 317 g/mol. The summed E-state index contributed by atoms with van der Waals surface area (Å²) in [5, 5.41) is 12.4. The van der Waals surface area contributed by atoms with Crippen LogP contribution in [0.3, 0.4) is 0 Å². The van der Waals surface area contributed by atoms with E-state index in [-0.39, 0.29) is 12.5 Å². The number of carboxylic acid groups (broad SMARTS) is 1. The maximum Gasteiger partial charge on any atom is 0.311 e. The van der Waals surface area contributed by atoms with Gasteiger partial charge in [0, 0.05) is 19.4 Å². The molecule has 124 valence electrons. The molecule has 0 atom stereocenters. The fourth-order valence-corrected chi connectivity index (χ4v) is 3.31. The van der Waals surface area contributed by atoms with Gasteiger partial charge in [-0.2, -0.15) is 0 Å². The summed E-state index contributed by atoms with van der Waals surface area (Å²) in [6.07, 6.45) is 5.51. The molecule has 0 unspecified atom stereocenters. The number of aliphatic carboxylic acids is 1. The van der Waals surface area contributed by atoms with Crippen molar-refractivity contribution in [1.82, 2.24) is 5.32 Å². The Morgan fingerprint density at radius 2 is 1.70 bits per heavy atom. The number of carbonyl (C=O) groups is 2. The van der Waals surface area contributed by atoms with E-state index >= 15 is 0 Å². The average Bonchev–Trinajstić information content (AvgIpc) is 3.35. The number of rotatable bonds is 6. The van der Waals surface area contributed by atoms with Crippen molar-refractivity contribution in [2.24, 2.45) is 5.41 Å². The molecule has 0 heterocycles. The lowest BCUT2D eigenvalue weighted by molar-refractivity contribution is -0.151. The third-order valence-electron chi connectivity index (χ3n) is 5.03. The van der Waals surface area contributed by atoms with Gasteiger partial charge in [0.2, 0.25) is 0 Å². The van der Waals surface area contributed by atoms with E-state index in [9.17, 15) is 14.7 Å². The highest BCUT2D eigenvalue weighted by Gasteiger charge is 2.53. The van der Waals surface area contributed by atoms with Crippen LogP contribution in [-0.4, -0.2) is 29.1 Å². The lowest BCUT2D eigenvalue weighted by atomic mass is 9.74. The molecule has 5 nitrogen and oxygen atoms in total. The van der Waals surface area contributed by atoms with Crippen LogP contribution in [0.5, 0.6) is 5.75 Å². The zero-order valence-corrected chi connectivity index (χ0v) is 13.2. The third kappa shape index (κ3) is 3.33. The smallest absolute Gasteiger partial charge is 0.311 e. The van der Waals surface area contributed by atoms with Crippen molar-refractivity contribution in [3.8, 4) is 5.75 Å². The third-order valence-corrected chi connectivity index (χ3v) is 5.03. The largest absolute Gasteiger partial charge is 0.481 e. The van der Waals surface area contributed by atoms with Crippen molar-refractivity contribution in [2.75, 3.05) is 6.54 Å². The number of para-hydroxylation sites is 1. The maximum atomic E-state index is 12.5. The summed E-state index contributed by atoms with van der Waals surface area (Å²) in [5.74, 6) is -0.315. The Labute approximate surface area is 136 Å². The van der Waals surface area contributed by atoms with E-state index in [1.807, 2.05) is 30.3 Å². The van der Waals surface area contributed by atoms with Gasteiger partial charge in [0.25, 0.3) is 5.91 Å². The summed E-state index contributed by atoms with van der Waals surface area (Å²) < 4.78 is 5.85. The van der Waals surface area contributed by atoms with E-state index in [0.29, 0.717) is 31.4 Å². The van der Waals surface area contributed by atoms with Gasteiger partial charge < -0.3 is 15.2 Å². The Morgan fingerprint density at radius 3 is 2.26 bits per heavy atom. The van der Waals surface area contributed by atoms with Crippen molar-refractivity contribution in [3.63, 3.8) is 0 Å². The number of hydrogen-bond acceptors (Lipinski definition) is 3. The van der Waals surface area contributed by atoms with Gasteiger partial charge in [-0.05, 0) is 25.0 Å². The molecule has 23 heavy (non-hydrogen) atoms. The molecule has 1 aromatic rings. The maximum absolute atomic E-state index is 12.5. The first-order chi connectivity index (χ1) is 11.1. The molecular formula is C18H23NO4. The summed E-state index contributed by atoms with van der Waals surface area (Å²) in [6, 6.07) is 9.28. The Morgan fingerprint density at radius 1 is 1.04 bits per heavy atom. The lowest BCUT2D eigenvalue weighted by Crippen LogP contribution is -2.48. The van der Waals surface area contributed by atoms with E-state index < -0.39 is 17.0 Å². The first-order valence-corrected chi connectivity index (χ1v) is 8.32. The highest BCUT2D eigenvalue weighted by atomic mass is 16.5. The summed E-state index contributed by atoms with van der Waals surface area (Å²) in [4.78, 5) is 24.2. The Bertz CT molecular complexity index is 574. The zero-order valence-electron chi connectivity index (χ0n) is 13.2. The van der Waals surface area contributed by atoms with Gasteiger partial charge in [0.15, 0.2) is 5.60 Å². The molecule has 0 bridgehead atoms. The second-order valence-corrected chi connectivity index (χ2v) is 6.74. The number of carboxylic acids is 1. The molecule has 1 aromatic carbocycles. The van der Waals surface area contributed by atoms with E-state index in [1.54, 1.807) is 0 Å². The SMILES string of the molecule is O=C(O)C1(CNC(=O)C2(Oc3ccccc3)CC2)CCCCC1. The van der Waals surface area contributed by atoms with Gasteiger partial charge in [-0.1, -0.05) is 37.5 Å². The number of amides is 1. The highest BCUT2D eigenvalue weighted by Crippen LogP contribution is 2.41. The van der Waals surface area contributed by atoms with Crippen molar-refractivity contribution in [2.45, 2.75) is 50.5 Å². The number of ether oxygens (including phenoxy) is 1. The molecule has 3 rings (SSSR count). The minimum atomic E-state index is -0.810. The van der Waals surface area contributed by atoms with Crippen molar-refractivity contribution < 1.29 is 19.4 Å². The Kier molecular flexibility index (Phi) is 4.28. The highest BCUT2D eigenvalue weighted by molar-refractivity contribution is 5.89. The minimum Gasteiger partial charge on any atom is -0.481 e. The Hall–Kier alpha value is -2.04. The zero-order chi connectivity index (χ0) is 16.3. The number of hydrogen-bond donors (Lipinski definition) is 2. The van der Waals surface area contributed by atoms with E-state index in [1.165, 1.54) is 0 Å². The number of benzene rings is 1. The van der Waals surface area contributed by atoms with Crippen LogP contribution in [0.25, 0.3) is 0 Å². The predicted octanol–water partition coefficient (Wildman–Crippen LogP) is 2.75. The summed E-state index contributed by atoms with van der Waals surface area (Å²) in [7, 11) is 0. The molecule has 0 saturated heterocycles. The molecule has 2 N–H and O–H groups in total. The van der Waals surface area contributed by atoms with Crippen LogP contribution in [-0.2, 0) is 9.59 Å². The first kappa shape index (κ1) is 15.8.